The fourth-order valence-corrected chi connectivity index (χ4v) is 3.27. The number of hydrogen-bond donors (Lipinski definition) is 1. The van der Waals surface area contributed by atoms with E-state index in [1.54, 1.807) is 19.1 Å². The summed E-state index contributed by atoms with van der Waals surface area (Å²) in [7, 11) is 1.22. The second-order valence-electron chi connectivity index (χ2n) is 6.51. The van der Waals surface area contributed by atoms with Crippen LogP contribution in [0.3, 0.4) is 0 Å². The predicted molar refractivity (Wildman–Crippen MR) is 97.8 cm³/mol. The van der Waals surface area contributed by atoms with Crippen molar-refractivity contribution in [3.8, 4) is 0 Å². The van der Waals surface area contributed by atoms with Gasteiger partial charge >= 0.3 is 5.97 Å². The van der Waals surface area contributed by atoms with Crippen LogP contribution in [-0.4, -0.2) is 64.3 Å². The van der Waals surface area contributed by atoms with Gasteiger partial charge in [-0.25, -0.2) is 9.78 Å². The normalized spacial score (nSPS) is 15.0. The Morgan fingerprint density at radius 1 is 1.30 bits per heavy atom. The van der Waals surface area contributed by atoms with E-state index in [1.165, 1.54) is 7.11 Å². The molecule has 1 fully saturated rings. The molecule has 0 amide bonds. The van der Waals surface area contributed by atoms with Gasteiger partial charge in [0.25, 0.3) is 5.69 Å². The average molecular weight is 374 g/mol. The number of nitro benzene ring substituents is 1. The van der Waals surface area contributed by atoms with Gasteiger partial charge in [0.2, 0.25) is 0 Å². The molecule has 1 aromatic carbocycles. The van der Waals surface area contributed by atoms with Gasteiger partial charge in [0.15, 0.2) is 5.82 Å². The summed E-state index contributed by atoms with van der Waals surface area (Å²) in [5.74, 6) is 0.853. The number of methoxy groups -OCH3 is 1. The second kappa shape index (κ2) is 7.70. The molecule has 0 aliphatic carbocycles. The van der Waals surface area contributed by atoms with Crippen LogP contribution in [0.1, 0.15) is 27.6 Å². The number of aromatic nitrogens is 3. The van der Waals surface area contributed by atoms with Gasteiger partial charge in [0.05, 0.1) is 18.6 Å². The van der Waals surface area contributed by atoms with Crippen LogP contribution in [0.4, 0.5) is 11.4 Å². The molecule has 0 radical (unpaired) electrons. The predicted octanol–water partition coefficient (Wildman–Crippen LogP) is 1.44. The number of H-pyrrole nitrogens is 1. The number of hydrogen-bond acceptors (Lipinski definition) is 8. The molecule has 1 saturated heterocycles. The monoisotopic (exact) mass is 374 g/mol. The summed E-state index contributed by atoms with van der Waals surface area (Å²) in [6.07, 6.45) is 0. The Labute approximate surface area is 156 Å². The molecule has 0 bridgehead atoms. The molecule has 10 heteroatoms. The van der Waals surface area contributed by atoms with Gasteiger partial charge in [-0.3, -0.25) is 20.1 Å². The van der Waals surface area contributed by atoms with E-state index in [0.29, 0.717) is 12.1 Å². The number of carbonyl (C=O) groups is 1. The number of ether oxygens (including phenoxy) is 1. The highest BCUT2D eigenvalue weighted by molar-refractivity contribution is 5.95. The lowest BCUT2D eigenvalue weighted by atomic mass is 10.1. The minimum absolute atomic E-state index is 0.0175. The number of esters is 1. The Morgan fingerprint density at radius 2 is 2.00 bits per heavy atom. The first kappa shape index (κ1) is 18.8. The Balaban J connectivity index is 1.74. The van der Waals surface area contributed by atoms with Crippen LogP contribution < -0.4 is 4.90 Å². The number of nitrogens with one attached hydrogen (secondary N) is 1. The Bertz CT molecular complexity index is 857. The third-order valence-corrected chi connectivity index (χ3v) is 4.62. The van der Waals surface area contributed by atoms with Crippen LogP contribution in [0.15, 0.2) is 12.1 Å². The van der Waals surface area contributed by atoms with Gasteiger partial charge < -0.3 is 9.64 Å². The summed E-state index contributed by atoms with van der Waals surface area (Å²) in [5.41, 5.74) is 1.00. The highest BCUT2D eigenvalue weighted by atomic mass is 16.6. The van der Waals surface area contributed by atoms with Crippen molar-refractivity contribution in [1.29, 1.82) is 0 Å². The highest BCUT2D eigenvalue weighted by Crippen LogP contribution is 2.30. The van der Waals surface area contributed by atoms with E-state index in [-0.39, 0.29) is 11.3 Å². The first-order valence-corrected chi connectivity index (χ1v) is 8.61. The van der Waals surface area contributed by atoms with E-state index >= 15 is 0 Å². The van der Waals surface area contributed by atoms with Crippen molar-refractivity contribution in [2.45, 2.75) is 20.4 Å². The maximum absolute atomic E-state index is 12.0. The molecule has 0 unspecified atom stereocenters. The van der Waals surface area contributed by atoms with Crippen LogP contribution in [0.25, 0.3) is 0 Å². The summed E-state index contributed by atoms with van der Waals surface area (Å²) in [6.45, 7) is 7.25. The van der Waals surface area contributed by atoms with Crippen LogP contribution in [0.5, 0.6) is 0 Å². The maximum atomic E-state index is 12.0. The lowest BCUT2D eigenvalue weighted by Crippen LogP contribution is -2.46. The van der Waals surface area contributed by atoms with E-state index in [0.717, 1.165) is 43.5 Å². The highest BCUT2D eigenvalue weighted by Gasteiger charge is 2.27. The van der Waals surface area contributed by atoms with Gasteiger partial charge in [0, 0.05) is 37.4 Å². The number of carbonyl (C=O) groups excluding carboxylic acids is 1. The lowest BCUT2D eigenvalue weighted by molar-refractivity contribution is -0.385. The summed E-state index contributed by atoms with van der Waals surface area (Å²) in [5, 5.41) is 18.3. The summed E-state index contributed by atoms with van der Waals surface area (Å²) in [6, 6.07) is 3.30. The quantitative estimate of drug-likeness (QED) is 0.474. The smallest absolute Gasteiger partial charge is 0.344 e. The van der Waals surface area contributed by atoms with E-state index in [4.69, 9.17) is 4.74 Å². The van der Waals surface area contributed by atoms with Crippen LogP contribution >= 0.6 is 0 Å². The number of anilines is 1. The van der Waals surface area contributed by atoms with E-state index < -0.39 is 10.9 Å². The van der Waals surface area contributed by atoms with Crippen molar-refractivity contribution in [2.24, 2.45) is 0 Å². The molecule has 10 nitrogen and oxygen atoms in total. The van der Waals surface area contributed by atoms with Crippen molar-refractivity contribution in [1.82, 2.24) is 20.1 Å². The zero-order chi connectivity index (χ0) is 19.6. The first-order valence-electron chi connectivity index (χ1n) is 8.61. The van der Waals surface area contributed by atoms with Crippen LogP contribution in [-0.2, 0) is 11.3 Å². The third kappa shape index (κ3) is 4.05. The van der Waals surface area contributed by atoms with Gasteiger partial charge in [-0.15, -0.1) is 0 Å². The summed E-state index contributed by atoms with van der Waals surface area (Å²) in [4.78, 5) is 31.5. The molecule has 1 aliphatic heterocycles. The fourth-order valence-electron chi connectivity index (χ4n) is 3.27. The fraction of sp³-hybridized carbons (Fsp3) is 0.471. The Morgan fingerprint density at radius 3 is 2.56 bits per heavy atom. The standard InChI is InChI=1S/C17H22N6O4/c1-11-8-13(9-14(17(24)27-3)16(11)23(25)26)22-6-4-21(5-7-22)10-15-18-12(2)19-20-15/h8-9H,4-7,10H2,1-3H3,(H,18,19,20). The second-order valence-corrected chi connectivity index (χ2v) is 6.51. The average Bonchev–Trinajstić information content (AvgIpc) is 3.05. The first-order chi connectivity index (χ1) is 12.9. The summed E-state index contributed by atoms with van der Waals surface area (Å²) < 4.78 is 4.72. The number of benzene rings is 1. The minimum atomic E-state index is -0.703. The van der Waals surface area contributed by atoms with Crippen LogP contribution in [0.2, 0.25) is 0 Å². The zero-order valence-electron chi connectivity index (χ0n) is 15.6. The number of nitrogens with zero attached hydrogens (tertiary/aromatic N) is 5. The molecule has 2 heterocycles. The Hall–Kier alpha value is -3.01. The van der Waals surface area contributed by atoms with Crippen molar-refractivity contribution in [2.75, 3.05) is 38.2 Å². The molecule has 1 aliphatic rings. The van der Waals surface area contributed by atoms with E-state index in [2.05, 4.69) is 25.0 Å². The molecule has 0 atom stereocenters. The molecule has 0 spiro atoms. The molecule has 1 N–H and O–H groups in total. The van der Waals surface area contributed by atoms with E-state index in [9.17, 15) is 14.9 Å². The van der Waals surface area contributed by atoms with Crippen molar-refractivity contribution in [3.05, 3.63) is 45.0 Å². The maximum Gasteiger partial charge on any atom is 0.344 e. The number of aryl methyl sites for hydroxylation is 2. The molecule has 144 valence electrons. The number of piperazine rings is 1. The molecule has 27 heavy (non-hydrogen) atoms. The number of rotatable bonds is 5. The molecular weight excluding hydrogens is 352 g/mol. The topological polar surface area (TPSA) is 117 Å². The van der Waals surface area contributed by atoms with Crippen molar-refractivity contribution >= 4 is 17.3 Å². The zero-order valence-corrected chi connectivity index (χ0v) is 15.6. The van der Waals surface area contributed by atoms with Gasteiger partial charge in [-0.05, 0) is 26.0 Å². The van der Waals surface area contributed by atoms with Crippen molar-refractivity contribution in [3.63, 3.8) is 0 Å². The van der Waals surface area contributed by atoms with Crippen LogP contribution in [0, 0.1) is 24.0 Å². The van der Waals surface area contributed by atoms with Gasteiger partial charge in [0.1, 0.15) is 11.4 Å². The minimum Gasteiger partial charge on any atom is -0.465 e. The number of aromatic amines is 1. The lowest BCUT2D eigenvalue weighted by Gasteiger charge is -2.35. The molecular formula is C17H22N6O4. The Kier molecular flexibility index (Phi) is 5.36. The molecule has 2 aromatic rings. The van der Waals surface area contributed by atoms with Crippen molar-refractivity contribution < 1.29 is 14.5 Å². The molecule has 0 saturated carbocycles. The largest absolute Gasteiger partial charge is 0.465 e. The van der Waals surface area contributed by atoms with Gasteiger partial charge in [-0.2, -0.15) is 5.10 Å². The molecule has 1 aromatic heterocycles. The molecule has 3 rings (SSSR count). The summed E-state index contributed by atoms with van der Waals surface area (Å²) >= 11 is 0. The SMILES string of the molecule is COC(=O)c1cc(N2CCN(Cc3n[nH]c(C)n3)CC2)cc(C)c1[N+](=O)[O-]. The van der Waals surface area contributed by atoms with E-state index in [1.807, 2.05) is 6.92 Å². The van der Waals surface area contributed by atoms with Gasteiger partial charge in [-0.1, -0.05) is 0 Å². The third-order valence-electron chi connectivity index (χ3n) is 4.62. The number of nitro groups is 1.